The van der Waals surface area contributed by atoms with E-state index in [4.69, 9.17) is 34.6 Å². The number of phosphoric acid groups is 2. The molecule has 38 heavy (non-hydrogen) atoms. The number of aliphatic hydroxyl groups excluding tert-OH is 2. The Kier molecular flexibility index (Phi) is 9.37. The van der Waals surface area contributed by atoms with Crippen molar-refractivity contribution in [3.63, 3.8) is 0 Å². The predicted molar refractivity (Wildman–Crippen MR) is 128 cm³/mol. The summed E-state index contributed by atoms with van der Waals surface area (Å²) < 4.78 is 75.4. The Morgan fingerprint density at radius 1 is 1.18 bits per heavy atom. The molecule has 1 aliphatic rings. The quantitative estimate of drug-likeness (QED) is 0.140. The third-order valence-electron chi connectivity index (χ3n) is 5.23. The molecule has 0 spiro atoms. The van der Waals surface area contributed by atoms with Crippen molar-refractivity contribution < 1.29 is 59.9 Å². The second-order valence-electron chi connectivity index (χ2n) is 7.68. The van der Waals surface area contributed by atoms with E-state index >= 15 is 0 Å². The number of nitrogen functional groups attached to an aromatic ring is 1. The molecule has 2 aromatic heterocycles. The number of hydrogen-bond donors (Lipinski definition) is 4. The van der Waals surface area contributed by atoms with E-state index in [1.165, 1.54) is 15.5 Å². The van der Waals surface area contributed by atoms with E-state index in [2.05, 4.69) is 19.0 Å². The van der Waals surface area contributed by atoms with E-state index < -0.39 is 66.1 Å². The smallest absolute Gasteiger partial charge is 0.387 e. The highest BCUT2D eigenvalue weighted by Crippen LogP contribution is 2.72. The highest BCUT2D eigenvalue weighted by molar-refractivity contribution is 7.69. The molecule has 1 fully saturated rings. The van der Waals surface area contributed by atoms with Crippen molar-refractivity contribution in [1.82, 2.24) is 14.5 Å². The molecule has 3 heterocycles. The summed E-state index contributed by atoms with van der Waals surface area (Å²) in [6, 6.07) is 0. The number of terminal acetylenes is 1. The summed E-state index contributed by atoms with van der Waals surface area (Å²) in [5.74, 6) is 1.82. The first-order valence-electron chi connectivity index (χ1n) is 10.5. The molecule has 0 amide bonds. The lowest BCUT2D eigenvalue weighted by atomic mass is 10.1. The fraction of sp³-hybridized carbons (Fsp3) is 0.588. The molecular formula is C17H27N5O13P3+. The summed E-state index contributed by atoms with van der Waals surface area (Å²) in [6.45, 7) is -0.739. The zero-order valence-corrected chi connectivity index (χ0v) is 23.2. The molecular weight excluding hydrogens is 575 g/mol. The van der Waals surface area contributed by atoms with Gasteiger partial charge in [0.05, 0.1) is 13.7 Å². The van der Waals surface area contributed by atoms with Crippen LogP contribution < -0.4 is 15.9 Å². The Morgan fingerprint density at radius 3 is 2.42 bits per heavy atom. The molecule has 21 heteroatoms. The van der Waals surface area contributed by atoms with Gasteiger partial charge in [0.15, 0.2) is 0 Å². The standard InChI is InChI=1S/C17H26N5O13P3/c1-6-7-36(26,29-3)34-38(28,31-5)35-37(27,30-4)32-8-10-12(23)13(24)16(33-10)22-9-21(2)11-14(22)19-17(18)20-15(11)25/h1,9-10,12-13,16,23-24H,7-8H2,2-5H3,(H2-,18,19,20,25)/p+1/t10-,12?,13?,16-,36?,37?,38?/m1/s1. The topological polar surface area (TPSA) is 237 Å². The van der Waals surface area contributed by atoms with Gasteiger partial charge in [0.25, 0.3) is 11.2 Å². The van der Waals surface area contributed by atoms with Crippen LogP contribution in [0, 0.1) is 12.3 Å². The average Bonchev–Trinajstić information content (AvgIpc) is 3.33. The summed E-state index contributed by atoms with van der Waals surface area (Å²) in [5, 5.41) is 21.2. The largest absolute Gasteiger partial charge is 0.490 e. The van der Waals surface area contributed by atoms with Gasteiger partial charge in [-0.1, -0.05) is 5.92 Å². The minimum absolute atomic E-state index is 0.0465. The van der Waals surface area contributed by atoms with Gasteiger partial charge in [-0.2, -0.15) is 13.9 Å². The molecule has 212 valence electrons. The molecule has 2 aromatic rings. The highest BCUT2D eigenvalue weighted by Gasteiger charge is 2.50. The Morgan fingerprint density at radius 2 is 1.84 bits per heavy atom. The number of anilines is 1. The number of nitrogens with one attached hydrogen (secondary N) is 1. The molecule has 1 saturated heterocycles. The first-order chi connectivity index (χ1) is 17.7. The Hall–Kier alpha value is -1.96. The van der Waals surface area contributed by atoms with Crippen molar-refractivity contribution in [2.45, 2.75) is 24.5 Å². The maximum Gasteiger partial charge on any atom is 0.490 e. The highest BCUT2D eigenvalue weighted by atomic mass is 31.3. The molecule has 5 unspecified atom stereocenters. The fourth-order valence-corrected chi connectivity index (χ4v) is 8.28. The molecule has 0 bridgehead atoms. The fourth-order valence-electron chi connectivity index (χ4n) is 3.42. The van der Waals surface area contributed by atoms with Crippen LogP contribution in [0.2, 0.25) is 0 Å². The maximum absolute atomic E-state index is 13.0. The number of imidazole rings is 1. The molecule has 1 aliphatic heterocycles. The molecule has 0 aromatic carbocycles. The van der Waals surface area contributed by atoms with E-state index in [9.17, 15) is 28.7 Å². The molecule has 0 saturated carbocycles. The number of aryl methyl sites for hydroxylation is 1. The number of ether oxygens (including phenoxy) is 1. The van der Waals surface area contributed by atoms with Gasteiger partial charge in [-0.05, 0) is 0 Å². The van der Waals surface area contributed by atoms with Crippen LogP contribution in [0.3, 0.4) is 0 Å². The van der Waals surface area contributed by atoms with Crippen LogP contribution >= 0.6 is 23.2 Å². The van der Waals surface area contributed by atoms with Crippen molar-refractivity contribution in [2.75, 3.05) is 39.8 Å². The minimum atomic E-state index is -4.90. The van der Waals surface area contributed by atoms with Crippen LogP contribution in [0.4, 0.5) is 5.95 Å². The van der Waals surface area contributed by atoms with Crippen LogP contribution in [0.1, 0.15) is 6.23 Å². The number of phosphoric ester groups is 1. The molecule has 5 N–H and O–H groups in total. The Labute approximate surface area is 215 Å². The van der Waals surface area contributed by atoms with Gasteiger partial charge in [0.1, 0.15) is 24.5 Å². The van der Waals surface area contributed by atoms with Gasteiger partial charge in [0, 0.05) is 21.3 Å². The second kappa shape index (κ2) is 11.6. The van der Waals surface area contributed by atoms with Gasteiger partial charge in [-0.25, -0.2) is 18.0 Å². The first kappa shape index (κ1) is 30.6. The number of fused-ring (bicyclic) bond motifs is 1. The zero-order valence-electron chi connectivity index (χ0n) is 20.5. The normalized spacial score (nSPS) is 26.4. The van der Waals surface area contributed by atoms with E-state index in [1.807, 2.05) is 5.92 Å². The van der Waals surface area contributed by atoms with Gasteiger partial charge < -0.3 is 25.2 Å². The molecule has 3 rings (SSSR count). The number of H-pyrrole nitrogens is 1. The molecule has 7 atom stereocenters. The van der Waals surface area contributed by atoms with Crippen LogP contribution in [0.15, 0.2) is 11.1 Å². The SMILES string of the molecule is C#CCP(=O)(OC)OP(=O)(OC)OP(=O)(OC)OC[C@H]1O[C@@H](n2c[n+](C)c3c(=O)[nH]c(N)nc32)C(O)C1O. The number of aromatic nitrogens is 4. The average molecular weight is 602 g/mol. The lowest BCUT2D eigenvalue weighted by molar-refractivity contribution is -0.646. The van der Waals surface area contributed by atoms with Gasteiger partial charge in [-0.15, -0.1) is 6.42 Å². The van der Waals surface area contributed by atoms with Crippen molar-refractivity contribution in [3.8, 4) is 12.3 Å². The number of rotatable bonds is 12. The van der Waals surface area contributed by atoms with Crippen molar-refractivity contribution in [2.24, 2.45) is 7.05 Å². The van der Waals surface area contributed by atoms with Gasteiger partial charge in [0.2, 0.25) is 18.5 Å². The third-order valence-corrected chi connectivity index (χ3v) is 11.1. The van der Waals surface area contributed by atoms with Crippen LogP contribution in [-0.4, -0.2) is 77.2 Å². The summed E-state index contributed by atoms with van der Waals surface area (Å²) in [7, 11) is -9.64. The van der Waals surface area contributed by atoms with Gasteiger partial charge >= 0.3 is 28.8 Å². The second-order valence-corrected chi connectivity index (χ2v) is 13.7. The molecule has 0 aliphatic carbocycles. The van der Waals surface area contributed by atoms with Crippen LogP contribution in [0.25, 0.3) is 11.2 Å². The van der Waals surface area contributed by atoms with Crippen molar-refractivity contribution >= 4 is 40.4 Å². The lowest BCUT2D eigenvalue weighted by Crippen LogP contribution is -2.34. The van der Waals surface area contributed by atoms with Crippen molar-refractivity contribution in [3.05, 3.63) is 16.7 Å². The molecule has 18 nitrogen and oxygen atoms in total. The van der Waals surface area contributed by atoms with Crippen LogP contribution in [-0.2, 0) is 52.2 Å². The zero-order chi connectivity index (χ0) is 28.5. The number of nitrogens with zero attached hydrogens (tertiary/aromatic N) is 3. The Balaban J connectivity index is 1.79. The lowest BCUT2D eigenvalue weighted by Gasteiger charge is -2.24. The summed E-state index contributed by atoms with van der Waals surface area (Å²) in [4.78, 5) is 18.7. The maximum atomic E-state index is 13.0. The van der Waals surface area contributed by atoms with Gasteiger partial charge in [-0.3, -0.25) is 27.9 Å². The summed E-state index contributed by atoms with van der Waals surface area (Å²) in [6.07, 6.45) is 0.0504. The number of hydrogen-bond acceptors (Lipinski definition) is 15. The summed E-state index contributed by atoms with van der Waals surface area (Å²) >= 11 is 0. The Bertz CT molecular complexity index is 1420. The van der Waals surface area contributed by atoms with E-state index in [-0.39, 0.29) is 17.1 Å². The minimum Gasteiger partial charge on any atom is -0.387 e. The van der Waals surface area contributed by atoms with E-state index in [0.29, 0.717) is 0 Å². The van der Waals surface area contributed by atoms with Crippen LogP contribution in [0.5, 0.6) is 0 Å². The summed E-state index contributed by atoms with van der Waals surface area (Å²) in [5.41, 5.74) is 5.23. The monoisotopic (exact) mass is 602 g/mol. The number of aliphatic hydroxyl groups is 2. The first-order valence-corrected chi connectivity index (χ1v) is 15.1. The number of aromatic amines is 1. The van der Waals surface area contributed by atoms with E-state index in [1.54, 1.807) is 7.05 Å². The third kappa shape index (κ3) is 6.26. The molecule has 0 radical (unpaired) electrons. The predicted octanol–water partition coefficient (Wildman–Crippen LogP) is -0.218. The van der Waals surface area contributed by atoms with Crippen molar-refractivity contribution in [1.29, 1.82) is 0 Å². The number of nitrogens with two attached hydrogens (primary N) is 1. The van der Waals surface area contributed by atoms with E-state index in [0.717, 1.165) is 21.3 Å².